The molecule has 0 atom stereocenters. The SMILES string of the molecule is CCc1ccc(C(=O)N(CC(=O)O)C2CC2)s1. The number of thiophene rings is 1. The molecule has 0 unspecified atom stereocenters. The van der Waals surface area contributed by atoms with E-state index in [0.717, 1.165) is 24.1 Å². The lowest BCUT2D eigenvalue weighted by atomic mass is 10.3. The number of aryl methyl sites for hydroxylation is 1. The highest BCUT2D eigenvalue weighted by atomic mass is 32.1. The molecule has 1 N–H and O–H groups in total. The van der Waals surface area contributed by atoms with Crippen molar-refractivity contribution in [2.45, 2.75) is 32.2 Å². The second-order valence-corrected chi connectivity index (χ2v) is 5.35. The second kappa shape index (κ2) is 4.87. The molecule has 1 saturated carbocycles. The topological polar surface area (TPSA) is 57.6 Å². The summed E-state index contributed by atoms with van der Waals surface area (Å²) in [6, 6.07) is 3.86. The zero-order valence-electron chi connectivity index (χ0n) is 9.68. The molecule has 0 aromatic carbocycles. The maximum atomic E-state index is 12.2. The van der Waals surface area contributed by atoms with Crippen molar-refractivity contribution in [3.63, 3.8) is 0 Å². The number of carbonyl (C=O) groups excluding carboxylic acids is 1. The minimum Gasteiger partial charge on any atom is -0.480 e. The van der Waals surface area contributed by atoms with E-state index in [1.807, 2.05) is 13.0 Å². The van der Waals surface area contributed by atoms with Crippen molar-refractivity contribution in [1.82, 2.24) is 4.90 Å². The zero-order valence-corrected chi connectivity index (χ0v) is 10.5. The van der Waals surface area contributed by atoms with Gasteiger partial charge in [-0.1, -0.05) is 6.92 Å². The van der Waals surface area contributed by atoms with Crippen LogP contribution in [0, 0.1) is 0 Å². The minimum absolute atomic E-state index is 0.130. The molecule has 1 amide bonds. The Morgan fingerprint density at radius 2 is 2.18 bits per heavy atom. The van der Waals surface area contributed by atoms with Crippen molar-refractivity contribution in [1.29, 1.82) is 0 Å². The molecule has 0 radical (unpaired) electrons. The van der Waals surface area contributed by atoms with Crippen LogP contribution >= 0.6 is 11.3 Å². The summed E-state index contributed by atoms with van der Waals surface area (Å²) in [5.74, 6) is -1.09. The molecule has 1 aliphatic rings. The molecular formula is C12H15NO3S. The Labute approximate surface area is 104 Å². The van der Waals surface area contributed by atoms with Gasteiger partial charge in [0.2, 0.25) is 0 Å². The summed E-state index contributed by atoms with van der Waals surface area (Å²) < 4.78 is 0. The minimum atomic E-state index is -0.947. The lowest BCUT2D eigenvalue weighted by molar-refractivity contribution is -0.137. The molecule has 2 rings (SSSR count). The fourth-order valence-electron chi connectivity index (χ4n) is 1.72. The molecule has 1 fully saturated rings. The van der Waals surface area contributed by atoms with Crippen molar-refractivity contribution < 1.29 is 14.7 Å². The highest BCUT2D eigenvalue weighted by Crippen LogP contribution is 2.29. The summed E-state index contributed by atoms with van der Waals surface area (Å²) in [7, 11) is 0. The first kappa shape index (κ1) is 12.1. The maximum absolute atomic E-state index is 12.2. The van der Waals surface area contributed by atoms with Crippen LogP contribution in [0.2, 0.25) is 0 Å². The van der Waals surface area contributed by atoms with Gasteiger partial charge in [-0.2, -0.15) is 0 Å². The Morgan fingerprint density at radius 3 is 2.65 bits per heavy atom. The molecule has 1 aliphatic carbocycles. The van der Waals surface area contributed by atoms with E-state index in [9.17, 15) is 9.59 Å². The zero-order chi connectivity index (χ0) is 12.4. The third-order valence-electron chi connectivity index (χ3n) is 2.78. The number of carbonyl (C=O) groups is 2. The van der Waals surface area contributed by atoms with Crippen LogP contribution in [0.15, 0.2) is 12.1 Å². The standard InChI is InChI=1S/C12H15NO3S/c1-2-9-5-6-10(17-9)12(16)13(7-11(14)15)8-3-4-8/h5-6,8H,2-4,7H2,1H3,(H,14,15). The van der Waals surface area contributed by atoms with E-state index >= 15 is 0 Å². The lowest BCUT2D eigenvalue weighted by Gasteiger charge is -2.19. The van der Waals surface area contributed by atoms with Crippen LogP contribution in [0.4, 0.5) is 0 Å². The van der Waals surface area contributed by atoms with Gasteiger partial charge in [-0.15, -0.1) is 11.3 Å². The normalized spacial score (nSPS) is 14.6. The average Bonchev–Trinajstić information content (AvgIpc) is 3.02. The Morgan fingerprint density at radius 1 is 1.47 bits per heavy atom. The summed E-state index contributed by atoms with van der Waals surface area (Å²) in [5, 5.41) is 8.82. The molecule has 92 valence electrons. The summed E-state index contributed by atoms with van der Waals surface area (Å²) in [6.07, 6.45) is 2.75. The van der Waals surface area contributed by atoms with E-state index < -0.39 is 5.97 Å². The Balaban J connectivity index is 2.12. The van der Waals surface area contributed by atoms with E-state index in [1.165, 1.54) is 16.2 Å². The number of carboxylic acids is 1. The molecule has 0 aliphatic heterocycles. The second-order valence-electron chi connectivity index (χ2n) is 4.18. The van der Waals surface area contributed by atoms with Gasteiger partial charge in [0.25, 0.3) is 5.91 Å². The Hall–Kier alpha value is -1.36. The number of hydrogen-bond acceptors (Lipinski definition) is 3. The molecule has 17 heavy (non-hydrogen) atoms. The van der Waals surface area contributed by atoms with Crippen molar-refractivity contribution in [3.8, 4) is 0 Å². The Bertz CT molecular complexity index is 437. The molecular weight excluding hydrogens is 238 g/mol. The fraction of sp³-hybridized carbons (Fsp3) is 0.500. The van der Waals surface area contributed by atoms with Crippen LogP contribution in [-0.4, -0.2) is 34.5 Å². The van der Waals surface area contributed by atoms with Gasteiger partial charge in [0.15, 0.2) is 0 Å². The van der Waals surface area contributed by atoms with Gasteiger partial charge in [0.05, 0.1) is 4.88 Å². The fourth-order valence-corrected chi connectivity index (χ4v) is 2.63. The first-order chi connectivity index (χ1) is 8.11. The predicted octanol–water partition coefficient (Wildman–Crippen LogP) is 2.00. The Kier molecular flexibility index (Phi) is 3.47. The maximum Gasteiger partial charge on any atom is 0.323 e. The smallest absolute Gasteiger partial charge is 0.323 e. The van der Waals surface area contributed by atoms with Crippen LogP contribution in [0.5, 0.6) is 0 Å². The van der Waals surface area contributed by atoms with E-state index in [-0.39, 0.29) is 18.5 Å². The predicted molar refractivity (Wildman–Crippen MR) is 65.4 cm³/mol. The number of aliphatic carboxylic acids is 1. The number of carboxylic acid groups (broad SMARTS) is 1. The lowest BCUT2D eigenvalue weighted by Crippen LogP contribution is -2.37. The molecule has 1 aromatic rings. The molecule has 1 aromatic heterocycles. The van der Waals surface area contributed by atoms with Crippen molar-refractivity contribution >= 4 is 23.2 Å². The monoisotopic (exact) mass is 253 g/mol. The van der Waals surface area contributed by atoms with Crippen molar-refractivity contribution in [3.05, 3.63) is 21.9 Å². The average molecular weight is 253 g/mol. The third kappa shape index (κ3) is 2.85. The molecule has 0 saturated heterocycles. The van der Waals surface area contributed by atoms with Gasteiger partial charge in [0, 0.05) is 10.9 Å². The van der Waals surface area contributed by atoms with E-state index in [2.05, 4.69) is 0 Å². The quantitative estimate of drug-likeness (QED) is 0.873. The molecule has 1 heterocycles. The van der Waals surface area contributed by atoms with E-state index in [0.29, 0.717) is 4.88 Å². The summed E-state index contributed by atoms with van der Waals surface area (Å²) >= 11 is 1.46. The van der Waals surface area contributed by atoms with Gasteiger partial charge in [-0.05, 0) is 31.4 Å². The largest absolute Gasteiger partial charge is 0.480 e. The van der Waals surface area contributed by atoms with E-state index in [4.69, 9.17) is 5.11 Å². The summed E-state index contributed by atoms with van der Waals surface area (Å²) in [5.41, 5.74) is 0. The van der Waals surface area contributed by atoms with Crippen LogP contribution in [0.3, 0.4) is 0 Å². The van der Waals surface area contributed by atoms with Gasteiger partial charge < -0.3 is 10.0 Å². The van der Waals surface area contributed by atoms with Gasteiger partial charge in [-0.3, -0.25) is 9.59 Å². The number of nitrogens with zero attached hydrogens (tertiary/aromatic N) is 1. The molecule has 5 heteroatoms. The van der Waals surface area contributed by atoms with Crippen LogP contribution in [0.25, 0.3) is 0 Å². The molecule has 0 spiro atoms. The van der Waals surface area contributed by atoms with Gasteiger partial charge >= 0.3 is 5.97 Å². The molecule has 0 bridgehead atoms. The van der Waals surface area contributed by atoms with Gasteiger partial charge in [-0.25, -0.2) is 0 Å². The summed E-state index contributed by atoms with van der Waals surface area (Å²) in [6.45, 7) is 1.85. The molecule has 4 nitrogen and oxygen atoms in total. The first-order valence-electron chi connectivity index (χ1n) is 5.73. The third-order valence-corrected chi connectivity index (χ3v) is 3.99. The number of hydrogen-bond donors (Lipinski definition) is 1. The van der Waals surface area contributed by atoms with Crippen LogP contribution in [-0.2, 0) is 11.2 Å². The highest BCUT2D eigenvalue weighted by molar-refractivity contribution is 7.14. The number of amides is 1. The van der Waals surface area contributed by atoms with E-state index in [1.54, 1.807) is 6.07 Å². The first-order valence-corrected chi connectivity index (χ1v) is 6.55. The number of rotatable bonds is 5. The van der Waals surface area contributed by atoms with Crippen molar-refractivity contribution in [2.24, 2.45) is 0 Å². The van der Waals surface area contributed by atoms with Gasteiger partial charge in [0.1, 0.15) is 6.54 Å². The van der Waals surface area contributed by atoms with Crippen LogP contribution < -0.4 is 0 Å². The highest BCUT2D eigenvalue weighted by Gasteiger charge is 2.34. The van der Waals surface area contributed by atoms with Crippen molar-refractivity contribution in [2.75, 3.05) is 6.54 Å². The van der Waals surface area contributed by atoms with Crippen LogP contribution in [0.1, 0.15) is 34.3 Å². The summed E-state index contributed by atoms with van der Waals surface area (Å²) in [4.78, 5) is 26.2.